The van der Waals surface area contributed by atoms with E-state index in [1.807, 2.05) is 13.8 Å². The van der Waals surface area contributed by atoms with Crippen LogP contribution in [0.4, 0.5) is 11.4 Å². The summed E-state index contributed by atoms with van der Waals surface area (Å²) in [4.78, 5) is 24.1. The van der Waals surface area contributed by atoms with Crippen molar-refractivity contribution in [1.82, 2.24) is 5.32 Å². The van der Waals surface area contributed by atoms with Crippen LogP contribution in [0.2, 0.25) is 0 Å². The van der Waals surface area contributed by atoms with Gasteiger partial charge in [-0.25, -0.2) is 0 Å². The third-order valence-electron chi connectivity index (χ3n) is 2.91. The molecule has 0 aliphatic carbocycles. The van der Waals surface area contributed by atoms with Crippen molar-refractivity contribution in [3.8, 4) is 0 Å². The molecule has 1 unspecified atom stereocenters. The summed E-state index contributed by atoms with van der Waals surface area (Å²) in [6.07, 6.45) is 0.809. The van der Waals surface area contributed by atoms with Gasteiger partial charge in [0.25, 0.3) is 11.6 Å². The SMILES string of the molecule is CCC(C)NC(=O)c1ccc(N(C)C)c([N+](=O)[O-])c1. The van der Waals surface area contributed by atoms with E-state index in [0.29, 0.717) is 11.3 Å². The number of nitro benzene ring substituents is 1. The summed E-state index contributed by atoms with van der Waals surface area (Å²) in [5.41, 5.74) is 0.712. The van der Waals surface area contributed by atoms with Gasteiger partial charge < -0.3 is 10.2 Å². The summed E-state index contributed by atoms with van der Waals surface area (Å²) in [6, 6.07) is 4.54. The minimum Gasteiger partial charge on any atom is -0.372 e. The topological polar surface area (TPSA) is 75.5 Å². The molecule has 0 spiro atoms. The van der Waals surface area contributed by atoms with E-state index in [2.05, 4.69) is 5.32 Å². The molecular formula is C13H19N3O3. The largest absolute Gasteiger partial charge is 0.372 e. The molecule has 6 nitrogen and oxygen atoms in total. The third-order valence-corrected chi connectivity index (χ3v) is 2.91. The smallest absolute Gasteiger partial charge is 0.293 e. The highest BCUT2D eigenvalue weighted by Crippen LogP contribution is 2.27. The number of hydrogen-bond acceptors (Lipinski definition) is 4. The molecular weight excluding hydrogens is 246 g/mol. The van der Waals surface area contributed by atoms with Gasteiger partial charge in [0.2, 0.25) is 0 Å². The van der Waals surface area contributed by atoms with Gasteiger partial charge in [0.1, 0.15) is 5.69 Å². The molecule has 1 rings (SSSR count). The third kappa shape index (κ3) is 3.67. The molecule has 6 heteroatoms. The van der Waals surface area contributed by atoms with Gasteiger partial charge >= 0.3 is 0 Å². The van der Waals surface area contributed by atoms with E-state index in [4.69, 9.17) is 0 Å². The Morgan fingerprint density at radius 1 is 1.47 bits per heavy atom. The summed E-state index contributed by atoms with van der Waals surface area (Å²) in [7, 11) is 3.45. The number of benzene rings is 1. The zero-order valence-electron chi connectivity index (χ0n) is 11.6. The standard InChI is InChI=1S/C13H19N3O3/c1-5-9(2)14-13(17)10-6-7-11(15(3)4)12(8-10)16(18)19/h6-9H,5H2,1-4H3,(H,14,17). The van der Waals surface area contributed by atoms with E-state index < -0.39 is 4.92 Å². The minimum absolute atomic E-state index is 0.0417. The number of nitro groups is 1. The molecule has 0 heterocycles. The van der Waals surface area contributed by atoms with E-state index in [9.17, 15) is 14.9 Å². The van der Waals surface area contributed by atoms with Crippen LogP contribution < -0.4 is 10.2 Å². The van der Waals surface area contributed by atoms with Gasteiger partial charge in [0.15, 0.2) is 0 Å². The maximum Gasteiger partial charge on any atom is 0.293 e. The van der Waals surface area contributed by atoms with E-state index in [1.165, 1.54) is 6.07 Å². The van der Waals surface area contributed by atoms with Crippen molar-refractivity contribution in [2.45, 2.75) is 26.3 Å². The summed E-state index contributed by atoms with van der Waals surface area (Å²) in [5, 5.41) is 13.8. The molecule has 19 heavy (non-hydrogen) atoms. The molecule has 1 N–H and O–H groups in total. The highest BCUT2D eigenvalue weighted by atomic mass is 16.6. The summed E-state index contributed by atoms with van der Waals surface area (Å²) >= 11 is 0. The molecule has 0 saturated heterocycles. The van der Waals surface area contributed by atoms with Crippen molar-refractivity contribution in [2.24, 2.45) is 0 Å². The van der Waals surface area contributed by atoms with Crippen LogP contribution in [0.5, 0.6) is 0 Å². The zero-order chi connectivity index (χ0) is 14.6. The molecule has 1 aromatic rings. The van der Waals surface area contributed by atoms with Gasteiger partial charge in [0, 0.05) is 31.8 Å². The van der Waals surface area contributed by atoms with Crippen LogP contribution in [0.3, 0.4) is 0 Å². The Morgan fingerprint density at radius 3 is 2.58 bits per heavy atom. The lowest BCUT2D eigenvalue weighted by atomic mass is 10.1. The minimum atomic E-state index is -0.477. The lowest BCUT2D eigenvalue weighted by molar-refractivity contribution is -0.384. The van der Waals surface area contributed by atoms with E-state index in [0.717, 1.165) is 6.42 Å². The fourth-order valence-electron chi connectivity index (χ4n) is 1.60. The monoisotopic (exact) mass is 265 g/mol. The van der Waals surface area contributed by atoms with Gasteiger partial charge in [0.05, 0.1) is 4.92 Å². The summed E-state index contributed by atoms with van der Waals surface area (Å²) in [5.74, 6) is -0.289. The Balaban J connectivity index is 3.08. The highest BCUT2D eigenvalue weighted by molar-refractivity contribution is 5.95. The molecule has 1 aromatic carbocycles. The predicted molar refractivity (Wildman–Crippen MR) is 74.6 cm³/mol. The van der Waals surface area contributed by atoms with E-state index >= 15 is 0 Å². The fraction of sp³-hybridized carbons (Fsp3) is 0.462. The lowest BCUT2D eigenvalue weighted by Crippen LogP contribution is -2.32. The maximum atomic E-state index is 11.9. The number of nitrogens with zero attached hydrogens (tertiary/aromatic N) is 2. The van der Waals surface area contributed by atoms with Gasteiger partial charge in [-0.3, -0.25) is 14.9 Å². The molecule has 0 bridgehead atoms. The quantitative estimate of drug-likeness (QED) is 0.654. The van der Waals surface area contributed by atoms with Gasteiger partial charge in [-0.1, -0.05) is 6.92 Å². The maximum absolute atomic E-state index is 11.9. The Kier molecular flexibility index (Phi) is 4.86. The number of anilines is 1. The van der Waals surface area contributed by atoms with Crippen LogP contribution in [0.25, 0.3) is 0 Å². The lowest BCUT2D eigenvalue weighted by Gasteiger charge is -2.14. The van der Waals surface area contributed by atoms with Gasteiger partial charge in [-0.15, -0.1) is 0 Å². The molecule has 0 aromatic heterocycles. The molecule has 0 radical (unpaired) electrons. The van der Waals surface area contributed by atoms with E-state index in [1.54, 1.807) is 31.1 Å². The van der Waals surface area contributed by atoms with Crippen LogP contribution in [0.1, 0.15) is 30.6 Å². The number of hydrogen-bond donors (Lipinski definition) is 1. The van der Waals surface area contributed by atoms with Crippen LogP contribution in [0, 0.1) is 10.1 Å². The molecule has 1 amide bonds. The molecule has 0 saturated carbocycles. The first-order valence-corrected chi connectivity index (χ1v) is 6.13. The van der Waals surface area contributed by atoms with E-state index in [-0.39, 0.29) is 17.6 Å². The number of carbonyl (C=O) groups excluding carboxylic acids is 1. The fourth-order valence-corrected chi connectivity index (χ4v) is 1.60. The Hall–Kier alpha value is -2.11. The first kappa shape index (κ1) is 14.9. The Labute approximate surface area is 112 Å². The number of amides is 1. The molecule has 0 fully saturated rings. The van der Waals surface area contributed by atoms with Crippen LogP contribution in [-0.2, 0) is 0 Å². The van der Waals surface area contributed by atoms with Crippen molar-refractivity contribution < 1.29 is 9.72 Å². The second-order valence-corrected chi connectivity index (χ2v) is 4.64. The first-order chi connectivity index (χ1) is 8.86. The van der Waals surface area contributed by atoms with Crippen LogP contribution >= 0.6 is 0 Å². The zero-order valence-corrected chi connectivity index (χ0v) is 11.6. The first-order valence-electron chi connectivity index (χ1n) is 6.13. The van der Waals surface area contributed by atoms with Crippen molar-refractivity contribution >= 4 is 17.3 Å². The van der Waals surface area contributed by atoms with Crippen molar-refractivity contribution in [1.29, 1.82) is 0 Å². The van der Waals surface area contributed by atoms with Gasteiger partial charge in [-0.05, 0) is 25.5 Å². The molecule has 1 atom stereocenters. The number of rotatable bonds is 5. The average molecular weight is 265 g/mol. The Bertz CT molecular complexity index is 486. The van der Waals surface area contributed by atoms with Gasteiger partial charge in [-0.2, -0.15) is 0 Å². The normalized spacial score (nSPS) is 11.8. The van der Waals surface area contributed by atoms with Crippen molar-refractivity contribution in [2.75, 3.05) is 19.0 Å². The highest BCUT2D eigenvalue weighted by Gasteiger charge is 2.19. The number of nitrogens with one attached hydrogen (secondary N) is 1. The molecule has 0 aliphatic rings. The van der Waals surface area contributed by atoms with Crippen LogP contribution in [-0.4, -0.2) is 31.0 Å². The van der Waals surface area contributed by atoms with Crippen molar-refractivity contribution in [3.63, 3.8) is 0 Å². The second-order valence-electron chi connectivity index (χ2n) is 4.64. The summed E-state index contributed by atoms with van der Waals surface area (Å²) < 4.78 is 0. The second kappa shape index (κ2) is 6.17. The molecule has 104 valence electrons. The average Bonchev–Trinajstić information content (AvgIpc) is 2.37. The predicted octanol–water partition coefficient (Wildman–Crippen LogP) is 2.19. The Morgan fingerprint density at radius 2 is 2.11 bits per heavy atom. The van der Waals surface area contributed by atoms with Crippen molar-refractivity contribution in [3.05, 3.63) is 33.9 Å². The summed E-state index contributed by atoms with van der Waals surface area (Å²) in [6.45, 7) is 3.85. The molecule has 0 aliphatic heterocycles. The van der Waals surface area contributed by atoms with Crippen LogP contribution in [0.15, 0.2) is 18.2 Å². The number of carbonyl (C=O) groups is 1.